The number of hydrogen-bond acceptors (Lipinski definition) is 3. The number of nitrogens with two attached hydrogens (primary N) is 1. The molecular formula is C65H47N3. The lowest BCUT2D eigenvalue weighted by molar-refractivity contribution is 1.13. The number of anilines is 2. The first-order valence-corrected chi connectivity index (χ1v) is 23.4. The van der Waals surface area contributed by atoms with Crippen LogP contribution in [0.4, 0.5) is 17.1 Å². The lowest BCUT2D eigenvalue weighted by Gasteiger charge is -2.26. The SMILES string of the molecule is Nc1c(N=C(Cc2ccc(-c3ccccc3)cc2)c2ccc(-c3ccc(-c4cc(-c5ccccc5)cc5c4CNc4ccc(-c6ccccc6)cc4-5)cc3)cc2)c2ccccc2c2ccccc12. The molecule has 0 fully saturated rings. The standard InChI is InChI=1S/C65H47N3/c66-64-56-22-12-10-20-54(56)55-21-11-13-23-57(55)65(64)68-63(38-43-24-26-47(27-25-43)44-14-4-1-5-15-44)51-34-30-49(31-35-51)48-28-32-50(33-29-48)58-40-53(46-18-8-3-9-19-46)41-59-60-39-52(45-16-6-2-7-17-45)36-37-62(60)67-42-61(58)59/h1-37,39-41,67H,38,42,66H2. The van der Waals surface area contributed by atoms with Crippen LogP contribution < -0.4 is 11.1 Å². The maximum absolute atomic E-state index is 7.06. The Kier molecular flexibility index (Phi) is 10.5. The molecule has 0 aliphatic carbocycles. The normalized spacial score (nSPS) is 12.1. The van der Waals surface area contributed by atoms with E-state index in [1.165, 1.54) is 66.8 Å². The summed E-state index contributed by atoms with van der Waals surface area (Å²) in [6.45, 7) is 0.752. The van der Waals surface area contributed by atoms with E-state index in [4.69, 9.17) is 10.7 Å². The predicted molar refractivity (Wildman–Crippen MR) is 289 cm³/mol. The minimum atomic E-state index is 0.642. The number of nitrogens with one attached hydrogen (secondary N) is 1. The van der Waals surface area contributed by atoms with Crippen molar-refractivity contribution in [2.45, 2.75) is 13.0 Å². The van der Waals surface area contributed by atoms with Crippen molar-refractivity contribution >= 4 is 44.3 Å². The van der Waals surface area contributed by atoms with Gasteiger partial charge in [0.1, 0.15) is 0 Å². The minimum Gasteiger partial charge on any atom is -0.396 e. The fraction of sp³-hybridized carbons (Fsp3) is 0.0308. The Morgan fingerprint density at radius 1 is 0.382 bits per heavy atom. The van der Waals surface area contributed by atoms with Crippen LogP contribution in [0.15, 0.2) is 248 Å². The molecule has 1 heterocycles. The van der Waals surface area contributed by atoms with Gasteiger partial charge in [-0.15, -0.1) is 0 Å². The second kappa shape index (κ2) is 17.5. The molecule has 68 heavy (non-hydrogen) atoms. The topological polar surface area (TPSA) is 50.4 Å². The maximum Gasteiger partial charge on any atom is 0.0947 e. The summed E-state index contributed by atoms with van der Waals surface area (Å²) in [5, 5.41) is 8.10. The summed E-state index contributed by atoms with van der Waals surface area (Å²) >= 11 is 0. The number of hydrogen-bond donors (Lipinski definition) is 2. The quantitative estimate of drug-likeness (QED) is 0.0862. The molecule has 1 aliphatic rings. The number of nitrogens with zero attached hydrogens (tertiary/aromatic N) is 1. The van der Waals surface area contributed by atoms with Crippen molar-refractivity contribution in [2.75, 3.05) is 11.1 Å². The van der Waals surface area contributed by atoms with Gasteiger partial charge in [0.05, 0.1) is 17.1 Å². The van der Waals surface area contributed by atoms with Crippen molar-refractivity contribution < 1.29 is 0 Å². The summed E-state index contributed by atoms with van der Waals surface area (Å²) in [5.74, 6) is 0. The molecule has 0 amide bonds. The van der Waals surface area contributed by atoms with Crippen molar-refractivity contribution in [1.82, 2.24) is 0 Å². The molecule has 0 aromatic heterocycles. The third kappa shape index (κ3) is 7.70. The highest BCUT2D eigenvalue weighted by Crippen LogP contribution is 2.45. The van der Waals surface area contributed by atoms with E-state index in [0.717, 1.165) is 61.9 Å². The molecule has 11 aromatic carbocycles. The second-order valence-electron chi connectivity index (χ2n) is 17.7. The van der Waals surface area contributed by atoms with Crippen LogP contribution in [0.25, 0.3) is 88.3 Å². The Hall–Kier alpha value is -8.79. The molecule has 11 aromatic rings. The highest BCUT2D eigenvalue weighted by Gasteiger charge is 2.22. The highest BCUT2D eigenvalue weighted by molar-refractivity contribution is 6.20. The van der Waals surface area contributed by atoms with E-state index in [0.29, 0.717) is 12.1 Å². The first-order valence-electron chi connectivity index (χ1n) is 23.4. The molecule has 0 atom stereocenters. The van der Waals surface area contributed by atoms with Gasteiger partial charge < -0.3 is 11.1 Å². The summed E-state index contributed by atoms with van der Waals surface area (Å²) in [7, 11) is 0. The molecule has 0 unspecified atom stereocenters. The molecule has 0 saturated heterocycles. The first-order chi connectivity index (χ1) is 33.6. The molecule has 0 saturated carbocycles. The molecule has 3 N–H and O–H groups in total. The average molecular weight is 870 g/mol. The van der Waals surface area contributed by atoms with Crippen LogP contribution in [0.2, 0.25) is 0 Å². The first kappa shape index (κ1) is 40.7. The Morgan fingerprint density at radius 3 is 1.46 bits per heavy atom. The van der Waals surface area contributed by atoms with Gasteiger partial charge in [-0.05, 0) is 113 Å². The van der Waals surface area contributed by atoms with Gasteiger partial charge in [0.2, 0.25) is 0 Å². The van der Waals surface area contributed by atoms with Crippen LogP contribution in [0.1, 0.15) is 16.7 Å². The van der Waals surface area contributed by atoms with E-state index in [2.05, 4.69) is 248 Å². The highest BCUT2D eigenvalue weighted by atomic mass is 14.9. The molecule has 1 aliphatic heterocycles. The van der Waals surface area contributed by atoms with E-state index in [-0.39, 0.29) is 0 Å². The molecule has 3 nitrogen and oxygen atoms in total. The molecule has 0 radical (unpaired) electrons. The van der Waals surface area contributed by atoms with Crippen LogP contribution in [0.3, 0.4) is 0 Å². The van der Waals surface area contributed by atoms with Crippen molar-refractivity contribution in [1.29, 1.82) is 0 Å². The number of aliphatic imine (C=N–C) groups is 1. The third-order valence-electron chi connectivity index (χ3n) is 13.6. The molecule has 0 bridgehead atoms. The van der Waals surface area contributed by atoms with Crippen LogP contribution in [0.5, 0.6) is 0 Å². The van der Waals surface area contributed by atoms with Crippen LogP contribution in [-0.4, -0.2) is 5.71 Å². The van der Waals surface area contributed by atoms with E-state index >= 15 is 0 Å². The Labute approximate surface area is 397 Å². The number of rotatable bonds is 9. The lowest BCUT2D eigenvalue weighted by Crippen LogP contribution is -2.10. The predicted octanol–water partition coefficient (Wildman–Crippen LogP) is 16.9. The molecule has 12 rings (SSSR count). The Morgan fingerprint density at radius 2 is 0.824 bits per heavy atom. The van der Waals surface area contributed by atoms with E-state index < -0.39 is 0 Å². The van der Waals surface area contributed by atoms with Crippen molar-refractivity contribution in [3.63, 3.8) is 0 Å². The lowest BCUT2D eigenvalue weighted by atomic mass is 9.84. The van der Waals surface area contributed by atoms with Gasteiger partial charge in [0, 0.05) is 35.0 Å². The monoisotopic (exact) mass is 869 g/mol. The number of benzene rings is 11. The molecule has 322 valence electrons. The van der Waals surface area contributed by atoms with Gasteiger partial charge in [0.25, 0.3) is 0 Å². The number of fused-ring (bicyclic) bond motifs is 6. The van der Waals surface area contributed by atoms with Crippen LogP contribution in [0, 0.1) is 0 Å². The van der Waals surface area contributed by atoms with E-state index in [9.17, 15) is 0 Å². The van der Waals surface area contributed by atoms with Gasteiger partial charge in [-0.25, -0.2) is 4.99 Å². The Bertz CT molecular complexity index is 3650. The largest absolute Gasteiger partial charge is 0.396 e. The van der Waals surface area contributed by atoms with E-state index in [1.807, 2.05) is 0 Å². The maximum atomic E-state index is 7.06. The van der Waals surface area contributed by atoms with Gasteiger partial charge in [0.15, 0.2) is 0 Å². The van der Waals surface area contributed by atoms with Gasteiger partial charge >= 0.3 is 0 Å². The van der Waals surface area contributed by atoms with Crippen molar-refractivity contribution in [3.8, 4) is 66.8 Å². The van der Waals surface area contributed by atoms with Crippen LogP contribution in [-0.2, 0) is 13.0 Å². The van der Waals surface area contributed by atoms with Gasteiger partial charge in [-0.2, -0.15) is 0 Å². The van der Waals surface area contributed by atoms with Crippen LogP contribution >= 0.6 is 0 Å². The smallest absolute Gasteiger partial charge is 0.0947 e. The number of nitrogen functional groups attached to an aromatic ring is 1. The minimum absolute atomic E-state index is 0.642. The van der Waals surface area contributed by atoms with Gasteiger partial charge in [-0.1, -0.05) is 218 Å². The summed E-state index contributed by atoms with van der Waals surface area (Å²) in [4.78, 5) is 5.52. The Balaban J connectivity index is 0.910. The summed E-state index contributed by atoms with van der Waals surface area (Å²) in [6, 6.07) is 87.1. The fourth-order valence-electron chi connectivity index (χ4n) is 10.0. The average Bonchev–Trinajstić information content (AvgIpc) is 3.42. The molecule has 3 heteroatoms. The van der Waals surface area contributed by atoms with Crippen molar-refractivity contribution in [2.24, 2.45) is 4.99 Å². The third-order valence-corrected chi connectivity index (χ3v) is 13.6. The summed E-state index contributed by atoms with van der Waals surface area (Å²) < 4.78 is 0. The molecular weight excluding hydrogens is 823 g/mol. The van der Waals surface area contributed by atoms with Crippen molar-refractivity contribution in [3.05, 3.63) is 259 Å². The zero-order valence-corrected chi connectivity index (χ0v) is 37.5. The molecule has 0 spiro atoms. The zero-order chi connectivity index (χ0) is 45.4. The second-order valence-corrected chi connectivity index (χ2v) is 17.7. The van der Waals surface area contributed by atoms with Gasteiger partial charge in [-0.3, -0.25) is 0 Å². The summed E-state index contributed by atoms with van der Waals surface area (Å²) in [5.41, 5.74) is 28.7. The zero-order valence-electron chi connectivity index (χ0n) is 37.5. The summed E-state index contributed by atoms with van der Waals surface area (Å²) in [6.07, 6.45) is 0.642. The van der Waals surface area contributed by atoms with E-state index in [1.54, 1.807) is 0 Å². The fourth-order valence-corrected chi connectivity index (χ4v) is 10.0.